The normalized spacial score (nSPS) is 24.6. The largest absolute Gasteiger partial charge is 0.495 e. The summed E-state index contributed by atoms with van der Waals surface area (Å²) < 4.78 is 11.2. The Bertz CT molecular complexity index is 914. The minimum Gasteiger partial charge on any atom is -0.495 e. The van der Waals surface area contributed by atoms with Crippen LogP contribution in [0.4, 0.5) is 5.69 Å². The zero-order valence-electron chi connectivity index (χ0n) is 20.3. The van der Waals surface area contributed by atoms with Gasteiger partial charge in [0.25, 0.3) is 0 Å². The molecule has 3 atom stereocenters. The fraction of sp³-hybridized carbons (Fsp3) is 0.615. The van der Waals surface area contributed by atoms with Gasteiger partial charge in [-0.3, -0.25) is 4.90 Å². The van der Waals surface area contributed by atoms with E-state index in [2.05, 4.69) is 65.0 Å². The highest BCUT2D eigenvalue weighted by Gasteiger charge is 2.34. The molecule has 1 aromatic carbocycles. The number of methoxy groups -OCH3 is 1. The molecule has 6 heteroatoms. The van der Waals surface area contributed by atoms with Crippen molar-refractivity contribution in [1.29, 1.82) is 0 Å². The molecule has 1 aliphatic carbocycles. The molecule has 1 aromatic heterocycles. The van der Waals surface area contributed by atoms with E-state index in [0.717, 1.165) is 50.8 Å². The first-order chi connectivity index (χ1) is 15.4. The van der Waals surface area contributed by atoms with Gasteiger partial charge in [-0.15, -0.1) is 10.2 Å². The van der Waals surface area contributed by atoms with E-state index >= 15 is 0 Å². The monoisotopic (exact) mass is 438 g/mol. The standard InChI is InChI=1S/C26H38N4O2/c1-18(2)23-15-21(16-26-28-27-20(4)32-26)19(3)14-22(23)17-29-10-12-30(13-11-29)24-8-6-7-9-25(24)31-5/h6-9,14,18,21-23H,10-13,15-17H2,1-5H3/t21-,22+,23+/m1/s1. The van der Waals surface area contributed by atoms with Gasteiger partial charge >= 0.3 is 0 Å². The number of anilines is 1. The van der Waals surface area contributed by atoms with Crippen molar-refractivity contribution in [3.05, 3.63) is 47.7 Å². The fourth-order valence-corrected chi connectivity index (χ4v) is 5.48. The molecule has 0 bridgehead atoms. The molecule has 1 aliphatic heterocycles. The van der Waals surface area contributed by atoms with Crippen LogP contribution in [0.3, 0.4) is 0 Å². The number of nitrogens with zero attached hydrogens (tertiary/aromatic N) is 4. The van der Waals surface area contributed by atoms with Crippen molar-refractivity contribution in [2.24, 2.45) is 23.7 Å². The third-order valence-electron chi connectivity index (χ3n) is 7.34. The van der Waals surface area contributed by atoms with Crippen molar-refractivity contribution in [3.63, 3.8) is 0 Å². The Morgan fingerprint density at radius 2 is 1.84 bits per heavy atom. The second-order valence-corrected chi connectivity index (χ2v) is 9.79. The van der Waals surface area contributed by atoms with Gasteiger partial charge in [-0.1, -0.05) is 37.6 Å². The summed E-state index contributed by atoms with van der Waals surface area (Å²) in [6.45, 7) is 14.3. The summed E-state index contributed by atoms with van der Waals surface area (Å²) in [5, 5.41) is 8.24. The van der Waals surface area contributed by atoms with Crippen LogP contribution in [0.2, 0.25) is 0 Å². The molecule has 2 aromatic rings. The summed E-state index contributed by atoms with van der Waals surface area (Å²) >= 11 is 0. The Hall–Kier alpha value is -2.34. The van der Waals surface area contributed by atoms with Gasteiger partial charge in [0, 0.05) is 46.1 Å². The number of aromatic nitrogens is 2. The van der Waals surface area contributed by atoms with E-state index in [1.165, 1.54) is 17.7 Å². The highest BCUT2D eigenvalue weighted by molar-refractivity contribution is 5.58. The molecule has 4 rings (SSSR count). The summed E-state index contributed by atoms with van der Waals surface area (Å²) in [4.78, 5) is 5.11. The van der Waals surface area contributed by atoms with Crippen LogP contribution in [-0.2, 0) is 6.42 Å². The number of allylic oxidation sites excluding steroid dienone is 1. The third kappa shape index (κ3) is 5.17. The van der Waals surface area contributed by atoms with Gasteiger partial charge in [-0.2, -0.15) is 0 Å². The number of rotatable bonds is 7. The van der Waals surface area contributed by atoms with E-state index in [-0.39, 0.29) is 0 Å². The predicted octanol–water partition coefficient (Wildman–Crippen LogP) is 4.61. The fourth-order valence-electron chi connectivity index (χ4n) is 5.48. The minimum atomic E-state index is 0.501. The summed E-state index contributed by atoms with van der Waals surface area (Å²) in [5.41, 5.74) is 2.69. The van der Waals surface area contributed by atoms with Crippen molar-refractivity contribution in [2.75, 3.05) is 44.7 Å². The molecule has 1 saturated heterocycles. The molecule has 0 saturated carbocycles. The van der Waals surface area contributed by atoms with E-state index in [4.69, 9.17) is 9.15 Å². The van der Waals surface area contributed by atoms with Gasteiger partial charge in [0.15, 0.2) is 0 Å². The first-order valence-electron chi connectivity index (χ1n) is 12.0. The van der Waals surface area contributed by atoms with Crippen LogP contribution in [0.15, 0.2) is 40.3 Å². The van der Waals surface area contributed by atoms with Crippen LogP contribution in [0, 0.1) is 30.6 Å². The van der Waals surface area contributed by atoms with Crippen molar-refractivity contribution in [3.8, 4) is 5.75 Å². The Labute approximate surface area is 192 Å². The molecular weight excluding hydrogens is 400 g/mol. The molecular formula is C26H38N4O2. The lowest BCUT2D eigenvalue weighted by molar-refractivity contribution is 0.154. The van der Waals surface area contributed by atoms with Crippen LogP contribution in [-0.4, -0.2) is 54.9 Å². The van der Waals surface area contributed by atoms with Gasteiger partial charge in [0.1, 0.15) is 5.75 Å². The average Bonchev–Trinajstić information content (AvgIpc) is 3.20. The van der Waals surface area contributed by atoms with Crippen LogP contribution in [0.1, 0.15) is 39.0 Å². The molecule has 32 heavy (non-hydrogen) atoms. The minimum absolute atomic E-state index is 0.501. The van der Waals surface area contributed by atoms with Crippen molar-refractivity contribution in [1.82, 2.24) is 15.1 Å². The van der Waals surface area contributed by atoms with Crippen molar-refractivity contribution in [2.45, 2.75) is 40.5 Å². The molecule has 0 spiro atoms. The summed E-state index contributed by atoms with van der Waals surface area (Å²) in [6, 6.07) is 8.35. The van der Waals surface area contributed by atoms with Crippen molar-refractivity contribution < 1.29 is 9.15 Å². The van der Waals surface area contributed by atoms with E-state index in [0.29, 0.717) is 29.6 Å². The number of para-hydroxylation sites is 2. The second kappa shape index (κ2) is 10.1. The highest BCUT2D eigenvalue weighted by Crippen LogP contribution is 2.39. The van der Waals surface area contributed by atoms with Crippen LogP contribution in [0.5, 0.6) is 5.75 Å². The number of hydrogen-bond acceptors (Lipinski definition) is 6. The Morgan fingerprint density at radius 3 is 2.50 bits per heavy atom. The summed E-state index contributed by atoms with van der Waals surface area (Å²) in [5.74, 6) is 4.84. The topological polar surface area (TPSA) is 54.6 Å². The molecule has 2 aliphatic rings. The first kappa shape index (κ1) is 22.8. The molecule has 0 unspecified atom stereocenters. The molecule has 1 fully saturated rings. The van der Waals surface area contributed by atoms with Gasteiger partial charge in [-0.05, 0) is 49.1 Å². The maximum absolute atomic E-state index is 5.67. The van der Waals surface area contributed by atoms with E-state index < -0.39 is 0 Å². The molecule has 2 heterocycles. The SMILES string of the molecule is COc1ccccc1N1CCN(C[C@@H]2C=C(C)[C@@H](Cc3nnc(C)o3)C[C@H]2C(C)C)CC1. The van der Waals surface area contributed by atoms with Crippen LogP contribution >= 0.6 is 0 Å². The number of ether oxygens (including phenoxy) is 1. The van der Waals surface area contributed by atoms with Gasteiger partial charge in [0.05, 0.1) is 12.8 Å². The lowest BCUT2D eigenvalue weighted by Gasteiger charge is -2.42. The number of aryl methyl sites for hydroxylation is 1. The molecule has 0 radical (unpaired) electrons. The molecule has 6 nitrogen and oxygen atoms in total. The van der Waals surface area contributed by atoms with Gasteiger partial charge in [-0.25, -0.2) is 0 Å². The second-order valence-electron chi connectivity index (χ2n) is 9.79. The Morgan fingerprint density at radius 1 is 1.09 bits per heavy atom. The van der Waals surface area contributed by atoms with Crippen molar-refractivity contribution >= 4 is 5.69 Å². The number of piperazine rings is 1. The van der Waals surface area contributed by atoms with E-state index in [1.54, 1.807) is 7.11 Å². The lowest BCUT2D eigenvalue weighted by atomic mass is 9.69. The average molecular weight is 439 g/mol. The summed E-state index contributed by atoms with van der Waals surface area (Å²) in [6.07, 6.45) is 4.61. The van der Waals surface area contributed by atoms with E-state index in [9.17, 15) is 0 Å². The Balaban J connectivity index is 1.39. The number of hydrogen-bond donors (Lipinski definition) is 0. The third-order valence-corrected chi connectivity index (χ3v) is 7.34. The van der Waals surface area contributed by atoms with Crippen LogP contribution in [0.25, 0.3) is 0 Å². The Kier molecular flexibility index (Phi) is 7.19. The smallest absolute Gasteiger partial charge is 0.217 e. The summed E-state index contributed by atoms with van der Waals surface area (Å²) in [7, 11) is 1.76. The maximum Gasteiger partial charge on any atom is 0.217 e. The molecule has 0 N–H and O–H groups in total. The van der Waals surface area contributed by atoms with E-state index in [1.807, 2.05) is 13.0 Å². The van der Waals surface area contributed by atoms with Gasteiger partial charge < -0.3 is 14.1 Å². The zero-order chi connectivity index (χ0) is 22.7. The predicted molar refractivity (Wildman–Crippen MR) is 128 cm³/mol. The quantitative estimate of drug-likeness (QED) is 0.589. The van der Waals surface area contributed by atoms with Crippen LogP contribution < -0.4 is 9.64 Å². The first-order valence-corrected chi connectivity index (χ1v) is 12.0. The molecule has 0 amide bonds. The zero-order valence-corrected chi connectivity index (χ0v) is 20.3. The maximum atomic E-state index is 5.67. The highest BCUT2D eigenvalue weighted by atomic mass is 16.5. The number of benzene rings is 1. The van der Waals surface area contributed by atoms with Gasteiger partial charge in [0.2, 0.25) is 11.8 Å². The lowest BCUT2D eigenvalue weighted by Crippen LogP contribution is -2.49. The molecule has 174 valence electrons.